The van der Waals surface area contributed by atoms with Gasteiger partial charge in [0.05, 0.1) is 18.6 Å². The van der Waals surface area contributed by atoms with Crippen molar-refractivity contribution < 1.29 is 9.13 Å². The second kappa shape index (κ2) is 7.82. The molecular weight excluding hydrogens is 301 g/mol. The number of rotatable bonds is 6. The third kappa shape index (κ3) is 4.22. The summed E-state index contributed by atoms with van der Waals surface area (Å²) < 4.78 is 19.4. The van der Waals surface area contributed by atoms with Crippen LogP contribution in [-0.2, 0) is 0 Å². The van der Waals surface area contributed by atoms with E-state index in [4.69, 9.17) is 16.3 Å². The molecule has 0 aliphatic heterocycles. The van der Waals surface area contributed by atoms with Crippen molar-refractivity contribution >= 4 is 11.6 Å². The van der Waals surface area contributed by atoms with Crippen LogP contribution in [0, 0.1) is 24.1 Å². The molecule has 2 aromatic rings. The molecule has 2 aromatic carbocycles. The average molecular weight is 318 g/mol. The first kappa shape index (κ1) is 16.3. The molecule has 22 heavy (non-hydrogen) atoms. The number of hydrogen-bond acceptors (Lipinski definition) is 2. The fraction of sp³-hybridized carbons (Fsp3) is 0.278. The van der Waals surface area contributed by atoms with Crippen LogP contribution in [0.15, 0.2) is 42.5 Å². The van der Waals surface area contributed by atoms with Crippen LogP contribution in [0.2, 0.25) is 5.02 Å². The van der Waals surface area contributed by atoms with E-state index in [9.17, 15) is 9.65 Å². The van der Waals surface area contributed by atoms with Gasteiger partial charge in [0, 0.05) is 10.6 Å². The second-order valence-corrected chi connectivity index (χ2v) is 5.53. The Balaban J connectivity index is 1.89. The Bertz CT molecular complexity index is 644. The highest BCUT2D eigenvalue weighted by molar-refractivity contribution is 6.31. The summed E-state index contributed by atoms with van der Waals surface area (Å²) >= 11 is 6.00. The van der Waals surface area contributed by atoms with Crippen LogP contribution in [0.5, 0.6) is 5.75 Å². The molecule has 0 bridgehead atoms. The summed E-state index contributed by atoms with van der Waals surface area (Å²) in [4.78, 5) is 0. The maximum absolute atomic E-state index is 13.8. The van der Waals surface area contributed by atoms with Gasteiger partial charge in [-0.15, -0.1) is 0 Å². The normalized spacial score (nSPS) is 11.7. The van der Waals surface area contributed by atoms with Crippen LogP contribution in [0.25, 0.3) is 0 Å². The molecule has 4 heteroatoms. The third-order valence-corrected chi connectivity index (χ3v) is 3.76. The predicted octanol–water partition coefficient (Wildman–Crippen LogP) is 5.25. The van der Waals surface area contributed by atoms with Crippen molar-refractivity contribution in [1.82, 2.24) is 0 Å². The van der Waals surface area contributed by atoms with E-state index in [1.165, 1.54) is 17.7 Å². The van der Waals surface area contributed by atoms with Crippen molar-refractivity contribution in [3.63, 3.8) is 0 Å². The molecule has 0 aromatic heterocycles. The van der Waals surface area contributed by atoms with Crippen molar-refractivity contribution in [3.05, 3.63) is 64.4 Å². The highest BCUT2D eigenvalue weighted by atomic mass is 35.5. The van der Waals surface area contributed by atoms with Gasteiger partial charge in [-0.3, -0.25) is 0 Å². The van der Waals surface area contributed by atoms with Gasteiger partial charge in [0.15, 0.2) is 0 Å². The van der Waals surface area contributed by atoms with Crippen LogP contribution in [0.4, 0.5) is 4.39 Å². The van der Waals surface area contributed by atoms with Gasteiger partial charge in [-0.05, 0) is 44.0 Å². The van der Waals surface area contributed by atoms with E-state index in [2.05, 4.69) is 6.07 Å². The topological polar surface area (TPSA) is 33.0 Å². The van der Waals surface area contributed by atoms with E-state index < -0.39 is 11.7 Å². The molecule has 0 spiro atoms. The van der Waals surface area contributed by atoms with Crippen molar-refractivity contribution in [2.45, 2.75) is 25.7 Å². The molecule has 0 heterocycles. The number of halogens is 2. The molecular formula is C18H17ClFNO. The van der Waals surface area contributed by atoms with Gasteiger partial charge in [-0.2, -0.15) is 5.26 Å². The molecule has 2 rings (SSSR count). The lowest BCUT2D eigenvalue weighted by Gasteiger charge is -2.13. The molecule has 1 atom stereocenters. The summed E-state index contributed by atoms with van der Waals surface area (Å²) in [5.41, 5.74) is 1.45. The van der Waals surface area contributed by atoms with Crippen LogP contribution in [-0.4, -0.2) is 6.61 Å². The number of benzene rings is 2. The fourth-order valence-electron chi connectivity index (χ4n) is 2.23. The highest BCUT2D eigenvalue weighted by Gasteiger charge is 2.18. The monoisotopic (exact) mass is 317 g/mol. The van der Waals surface area contributed by atoms with E-state index in [0.717, 1.165) is 5.75 Å². The van der Waals surface area contributed by atoms with Gasteiger partial charge in [0.2, 0.25) is 0 Å². The first-order chi connectivity index (χ1) is 10.6. The van der Waals surface area contributed by atoms with Crippen molar-refractivity contribution in [3.8, 4) is 11.8 Å². The summed E-state index contributed by atoms with van der Waals surface area (Å²) in [7, 11) is 0. The van der Waals surface area contributed by atoms with Crippen molar-refractivity contribution in [2.24, 2.45) is 0 Å². The molecule has 0 N–H and O–H groups in total. The Morgan fingerprint density at radius 1 is 1.23 bits per heavy atom. The Morgan fingerprint density at radius 2 is 1.95 bits per heavy atom. The molecule has 0 radical (unpaired) electrons. The minimum atomic E-state index is -0.560. The van der Waals surface area contributed by atoms with Gasteiger partial charge in [-0.25, -0.2) is 4.39 Å². The summed E-state index contributed by atoms with van der Waals surface area (Å²) in [5.74, 6) is -0.197. The number of nitriles is 1. The third-order valence-electron chi connectivity index (χ3n) is 3.43. The molecule has 0 saturated carbocycles. The molecule has 0 fully saturated rings. The van der Waals surface area contributed by atoms with Gasteiger partial charge >= 0.3 is 0 Å². The Morgan fingerprint density at radius 3 is 2.59 bits per heavy atom. The molecule has 0 aliphatic carbocycles. The average Bonchev–Trinajstić information content (AvgIpc) is 2.51. The smallest absolute Gasteiger partial charge is 0.129 e. The van der Waals surface area contributed by atoms with Gasteiger partial charge < -0.3 is 4.74 Å². The minimum absolute atomic E-state index is 0.280. The van der Waals surface area contributed by atoms with Crippen molar-refractivity contribution in [1.29, 1.82) is 5.26 Å². The van der Waals surface area contributed by atoms with Crippen LogP contribution in [0.1, 0.15) is 29.9 Å². The van der Waals surface area contributed by atoms with E-state index >= 15 is 0 Å². The van der Waals surface area contributed by atoms with E-state index in [1.54, 1.807) is 6.07 Å². The quantitative estimate of drug-likeness (QED) is 0.681. The summed E-state index contributed by atoms with van der Waals surface area (Å²) in [6, 6.07) is 14.4. The van der Waals surface area contributed by atoms with Gasteiger partial charge in [0.1, 0.15) is 11.6 Å². The zero-order chi connectivity index (χ0) is 15.9. The molecule has 1 unspecified atom stereocenters. The fourth-order valence-corrected chi connectivity index (χ4v) is 2.52. The minimum Gasteiger partial charge on any atom is -0.494 e. The Kier molecular flexibility index (Phi) is 5.80. The predicted molar refractivity (Wildman–Crippen MR) is 85.7 cm³/mol. The van der Waals surface area contributed by atoms with Crippen LogP contribution < -0.4 is 4.74 Å². The zero-order valence-electron chi connectivity index (χ0n) is 12.4. The number of nitrogens with zero attached hydrogens (tertiary/aromatic N) is 1. The lowest BCUT2D eigenvalue weighted by molar-refractivity contribution is 0.304. The first-order valence-corrected chi connectivity index (χ1v) is 7.52. The lowest BCUT2D eigenvalue weighted by Crippen LogP contribution is -2.04. The standard InChI is InChI=1S/C18H17ClFNO/c1-13-7-9-15(10-8-13)22-11-3-4-14(12-21)18-16(19)5-2-6-17(18)20/h2,5-10,14H,3-4,11H2,1H3. The first-order valence-electron chi connectivity index (χ1n) is 7.15. The molecule has 114 valence electrons. The summed E-state index contributed by atoms with van der Waals surface area (Å²) in [5, 5.41) is 9.56. The molecule has 2 nitrogen and oxygen atoms in total. The number of hydrogen-bond donors (Lipinski definition) is 0. The zero-order valence-corrected chi connectivity index (χ0v) is 13.1. The second-order valence-electron chi connectivity index (χ2n) is 5.12. The summed E-state index contributed by atoms with van der Waals surface area (Å²) in [6.45, 7) is 2.49. The van der Waals surface area contributed by atoms with E-state index in [-0.39, 0.29) is 5.56 Å². The van der Waals surface area contributed by atoms with Gasteiger partial charge in [0.25, 0.3) is 0 Å². The van der Waals surface area contributed by atoms with Crippen LogP contribution in [0.3, 0.4) is 0 Å². The molecule has 0 saturated heterocycles. The Labute approximate surface area is 135 Å². The SMILES string of the molecule is Cc1ccc(OCCCC(C#N)c2c(F)cccc2Cl)cc1. The summed E-state index contributed by atoms with van der Waals surface area (Å²) in [6.07, 6.45) is 1.15. The maximum Gasteiger partial charge on any atom is 0.129 e. The lowest BCUT2D eigenvalue weighted by atomic mass is 9.95. The Hall–Kier alpha value is -2.05. The molecule has 0 aliphatic rings. The maximum atomic E-state index is 13.8. The largest absolute Gasteiger partial charge is 0.494 e. The molecule has 0 amide bonds. The highest BCUT2D eigenvalue weighted by Crippen LogP contribution is 2.30. The number of ether oxygens (including phenoxy) is 1. The van der Waals surface area contributed by atoms with E-state index in [1.807, 2.05) is 31.2 Å². The van der Waals surface area contributed by atoms with E-state index in [0.29, 0.717) is 24.5 Å². The van der Waals surface area contributed by atoms with Crippen molar-refractivity contribution in [2.75, 3.05) is 6.61 Å². The van der Waals surface area contributed by atoms with Gasteiger partial charge in [-0.1, -0.05) is 35.4 Å². The van der Waals surface area contributed by atoms with Crippen LogP contribution >= 0.6 is 11.6 Å². The number of aryl methyl sites for hydroxylation is 1.